The smallest absolute Gasteiger partial charge is 0.294 e. The van der Waals surface area contributed by atoms with E-state index in [1.807, 2.05) is 0 Å². The molecule has 35 heavy (non-hydrogen) atoms. The monoisotopic (exact) mass is 498 g/mol. The molecule has 1 aliphatic rings. The third-order valence-corrected chi connectivity index (χ3v) is 6.89. The molecule has 3 aromatic rings. The van der Waals surface area contributed by atoms with Crippen LogP contribution in [0.1, 0.15) is 32.8 Å². The molecule has 0 aliphatic carbocycles. The number of carbonyl (C=O) groups is 3. The minimum Gasteiger partial charge on any atom is -0.494 e. The molecule has 0 atom stereocenters. The molecule has 10 heteroatoms. The summed E-state index contributed by atoms with van der Waals surface area (Å²) < 4.78 is 19.3. The number of amides is 2. The average Bonchev–Trinajstić information content (AvgIpc) is 3.13. The van der Waals surface area contributed by atoms with Gasteiger partial charge in [-0.25, -0.2) is 9.37 Å². The topological polar surface area (TPSA) is 83.0 Å². The highest BCUT2D eigenvalue weighted by Gasteiger charge is 2.28. The molecule has 8 nitrogen and oxygen atoms in total. The number of aromatic nitrogens is 1. The van der Waals surface area contributed by atoms with Crippen molar-refractivity contribution < 1.29 is 23.5 Å². The van der Waals surface area contributed by atoms with Gasteiger partial charge >= 0.3 is 0 Å². The van der Waals surface area contributed by atoms with Gasteiger partial charge in [0.15, 0.2) is 11.4 Å². The Morgan fingerprint density at radius 2 is 1.86 bits per heavy atom. The van der Waals surface area contributed by atoms with Gasteiger partial charge in [-0.3, -0.25) is 19.3 Å². The molecule has 1 aliphatic heterocycles. The molecule has 1 aromatic carbocycles. The summed E-state index contributed by atoms with van der Waals surface area (Å²) in [5, 5.41) is 1.59. The van der Waals surface area contributed by atoms with Gasteiger partial charge in [-0.15, -0.1) is 11.3 Å². The molecular formula is C25H27FN4O4S. The van der Waals surface area contributed by atoms with Gasteiger partial charge in [0.05, 0.1) is 22.9 Å². The Kier molecular flexibility index (Phi) is 7.42. The molecule has 1 saturated heterocycles. The third-order valence-electron chi connectivity index (χ3n) is 5.97. The van der Waals surface area contributed by atoms with E-state index in [4.69, 9.17) is 4.74 Å². The molecule has 0 saturated carbocycles. The van der Waals surface area contributed by atoms with Gasteiger partial charge in [-0.05, 0) is 24.1 Å². The maximum atomic E-state index is 13.5. The number of halogens is 1. The number of methoxy groups -OCH3 is 1. The molecule has 0 spiro atoms. The van der Waals surface area contributed by atoms with Crippen molar-refractivity contribution in [3.63, 3.8) is 0 Å². The predicted molar refractivity (Wildman–Crippen MR) is 131 cm³/mol. The highest BCUT2D eigenvalue weighted by molar-refractivity contribution is 7.17. The number of likely N-dealkylation sites (N-methyl/N-ethyl adjacent to an activating group) is 1. The zero-order chi connectivity index (χ0) is 25.1. The summed E-state index contributed by atoms with van der Waals surface area (Å²) in [4.78, 5) is 48.1. The highest BCUT2D eigenvalue weighted by atomic mass is 32.1. The summed E-state index contributed by atoms with van der Waals surface area (Å²) in [5.74, 6) is -1.53. The second-order valence-corrected chi connectivity index (χ2v) is 9.52. The summed E-state index contributed by atoms with van der Waals surface area (Å²) in [6.45, 7) is 3.19. The zero-order valence-electron chi connectivity index (χ0n) is 19.9. The normalized spacial score (nSPS) is 14.6. The van der Waals surface area contributed by atoms with E-state index in [-0.39, 0.29) is 23.0 Å². The number of Topliss-reactive ketones (excluding diaryl/α,β-unsaturated/α-hetero) is 1. The Balaban J connectivity index is 1.55. The quantitative estimate of drug-likeness (QED) is 0.384. The Morgan fingerprint density at radius 3 is 2.54 bits per heavy atom. The summed E-state index contributed by atoms with van der Waals surface area (Å²) in [5.41, 5.74) is 1.65. The van der Waals surface area contributed by atoms with Crippen LogP contribution in [0.5, 0.6) is 5.75 Å². The number of carbonyl (C=O) groups excluding carboxylic acids is 3. The van der Waals surface area contributed by atoms with E-state index in [0.717, 1.165) is 18.5 Å². The second-order valence-electron chi connectivity index (χ2n) is 8.61. The fraction of sp³-hybridized carbons (Fsp3) is 0.360. The van der Waals surface area contributed by atoms with Crippen LogP contribution in [-0.4, -0.2) is 84.7 Å². The van der Waals surface area contributed by atoms with E-state index < -0.39 is 11.7 Å². The number of nitrogens with zero attached hydrogens (tertiary/aromatic N) is 4. The third kappa shape index (κ3) is 5.33. The van der Waals surface area contributed by atoms with E-state index in [1.165, 1.54) is 49.6 Å². The number of hydrogen-bond acceptors (Lipinski definition) is 7. The fourth-order valence-electron chi connectivity index (χ4n) is 4.06. The van der Waals surface area contributed by atoms with Crippen molar-refractivity contribution in [2.75, 3.05) is 47.4 Å². The number of rotatable bonds is 6. The van der Waals surface area contributed by atoms with E-state index in [2.05, 4.69) is 9.88 Å². The molecule has 4 rings (SSSR count). The molecule has 3 heterocycles. The lowest BCUT2D eigenvalue weighted by molar-refractivity contribution is -0.124. The minimum atomic E-state index is -0.663. The lowest BCUT2D eigenvalue weighted by Gasteiger charge is -2.22. The molecule has 0 unspecified atom stereocenters. The van der Waals surface area contributed by atoms with Gasteiger partial charge in [0, 0.05) is 58.3 Å². The largest absolute Gasteiger partial charge is 0.494 e. The highest BCUT2D eigenvalue weighted by Crippen LogP contribution is 2.31. The number of thiophene rings is 1. The summed E-state index contributed by atoms with van der Waals surface area (Å²) in [7, 11) is 4.50. The van der Waals surface area contributed by atoms with E-state index >= 15 is 0 Å². The first-order valence-electron chi connectivity index (χ1n) is 11.3. The zero-order valence-corrected chi connectivity index (χ0v) is 20.7. The van der Waals surface area contributed by atoms with Crippen LogP contribution >= 0.6 is 11.3 Å². The van der Waals surface area contributed by atoms with Gasteiger partial charge < -0.3 is 14.5 Å². The van der Waals surface area contributed by atoms with Crippen LogP contribution in [-0.2, 0) is 11.3 Å². The van der Waals surface area contributed by atoms with Gasteiger partial charge in [-0.1, -0.05) is 12.1 Å². The maximum Gasteiger partial charge on any atom is 0.294 e. The van der Waals surface area contributed by atoms with Gasteiger partial charge in [0.25, 0.3) is 17.6 Å². The Bertz CT molecular complexity index is 1260. The first kappa shape index (κ1) is 24.7. The lowest BCUT2D eigenvalue weighted by atomic mass is 10.1. The van der Waals surface area contributed by atoms with Crippen LogP contribution in [0.3, 0.4) is 0 Å². The molecule has 2 aromatic heterocycles. The number of ether oxygens (including phenoxy) is 1. The number of benzene rings is 1. The predicted octanol–water partition coefficient (Wildman–Crippen LogP) is 3.06. The van der Waals surface area contributed by atoms with Crippen LogP contribution < -0.4 is 4.74 Å². The van der Waals surface area contributed by atoms with Crippen LogP contribution in [0.2, 0.25) is 0 Å². The summed E-state index contributed by atoms with van der Waals surface area (Å²) in [6.07, 6.45) is 0.775. The molecule has 184 valence electrons. The summed E-state index contributed by atoms with van der Waals surface area (Å²) in [6, 6.07) is 8.14. The number of pyridine rings is 1. The first-order valence-corrected chi connectivity index (χ1v) is 12.1. The molecule has 0 bridgehead atoms. The standard InChI is InChI=1S/C25H27FN4O4S/c1-28(2)25(33)23(31)18-15-35-20-13-19(34-3)22(27-21(18)20)24(32)30-10-4-9-29(11-12-30)14-16-5-7-17(26)8-6-16/h5-8,13,15H,4,9-12,14H2,1-3H3. The van der Waals surface area contributed by atoms with Gasteiger partial charge in [-0.2, -0.15) is 0 Å². The van der Waals surface area contributed by atoms with E-state index in [0.29, 0.717) is 42.1 Å². The fourth-order valence-corrected chi connectivity index (χ4v) is 4.96. The van der Waals surface area contributed by atoms with Crippen LogP contribution in [0.25, 0.3) is 10.2 Å². The van der Waals surface area contributed by atoms with Crippen molar-refractivity contribution in [3.05, 3.63) is 58.3 Å². The van der Waals surface area contributed by atoms with Crippen molar-refractivity contribution in [1.29, 1.82) is 0 Å². The SMILES string of the molecule is COc1cc2scc(C(=O)C(=O)N(C)C)c2nc1C(=O)N1CCCN(Cc2ccc(F)cc2)CC1. The van der Waals surface area contributed by atoms with Crippen molar-refractivity contribution in [2.24, 2.45) is 0 Å². The summed E-state index contributed by atoms with van der Waals surface area (Å²) >= 11 is 1.27. The van der Waals surface area contributed by atoms with Crippen molar-refractivity contribution in [3.8, 4) is 5.75 Å². The van der Waals surface area contributed by atoms with E-state index in [9.17, 15) is 18.8 Å². The van der Waals surface area contributed by atoms with Gasteiger partial charge in [0.1, 0.15) is 5.82 Å². The van der Waals surface area contributed by atoms with Gasteiger partial charge in [0.2, 0.25) is 0 Å². The van der Waals surface area contributed by atoms with Crippen molar-refractivity contribution >= 4 is 39.2 Å². The minimum absolute atomic E-state index is 0.122. The number of fused-ring (bicyclic) bond motifs is 1. The molecular weight excluding hydrogens is 471 g/mol. The molecule has 0 N–H and O–H groups in total. The van der Waals surface area contributed by atoms with Crippen molar-refractivity contribution in [1.82, 2.24) is 19.7 Å². The lowest BCUT2D eigenvalue weighted by Crippen LogP contribution is -2.35. The molecule has 2 amide bonds. The van der Waals surface area contributed by atoms with Crippen LogP contribution in [0.4, 0.5) is 4.39 Å². The molecule has 1 fully saturated rings. The first-order chi connectivity index (χ1) is 16.8. The number of ketones is 1. The van der Waals surface area contributed by atoms with Crippen molar-refractivity contribution in [2.45, 2.75) is 13.0 Å². The molecule has 0 radical (unpaired) electrons. The maximum absolute atomic E-state index is 13.5. The Hall–Kier alpha value is -3.37. The second kappa shape index (κ2) is 10.5. The van der Waals surface area contributed by atoms with Crippen LogP contribution in [0.15, 0.2) is 35.7 Å². The Morgan fingerprint density at radius 1 is 1.11 bits per heavy atom. The average molecular weight is 499 g/mol. The van der Waals surface area contributed by atoms with E-state index in [1.54, 1.807) is 28.5 Å². The van der Waals surface area contributed by atoms with Crippen LogP contribution in [0, 0.1) is 5.82 Å². The Labute approximate surface area is 206 Å². The number of hydrogen-bond donors (Lipinski definition) is 0.